The summed E-state index contributed by atoms with van der Waals surface area (Å²) < 4.78 is 0. The maximum atomic E-state index is 6.09. The van der Waals surface area contributed by atoms with Gasteiger partial charge in [0.1, 0.15) is 0 Å². The average molecular weight is 153 g/mol. The van der Waals surface area contributed by atoms with Crippen LogP contribution >= 0.6 is 0 Å². The summed E-state index contributed by atoms with van der Waals surface area (Å²) in [5.41, 5.74) is 6.09. The van der Waals surface area contributed by atoms with Crippen LogP contribution in [0.25, 0.3) is 0 Å². The zero-order valence-corrected chi connectivity index (χ0v) is 7.42. The van der Waals surface area contributed by atoms with Crippen molar-refractivity contribution in [1.82, 2.24) is 0 Å². The molecule has 2 aliphatic rings. The molecule has 0 heterocycles. The molecule has 0 spiro atoms. The van der Waals surface area contributed by atoms with Gasteiger partial charge in [0, 0.05) is 6.04 Å². The Bertz CT molecular complexity index is 138. The molecule has 2 fully saturated rings. The van der Waals surface area contributed by atoms with Gasteiger partial charge in [0.25, 0.3) is 0 Å². The minimum atomic E-state index is 0.560. The van der Waals surface area contributed by atoms with Gasteiger partial charge in [-0.2, -0.15) is 0 Å². The molecule has 0 amide bonds. The molecule has 0 aromatic carbocycles. The van der Waals surface area contributed by atoms with E-state index in [0.717, 1.165) is 17.8 Å². The normalized spacial score (nSPS) is 49.6. The SMILES string of the molecule is CCC1C(N)C2CCCCC12. The second-order valence-corrected chi connectivity index (χ2v) is 4.26. The summed E-state index contributed by atoms with van der Waals surface area (Å²) in [5, 5.41) is 0. The van der Waals surface area contributed by atoms with Crippen LogP contribution in [0.5, 0.6) is 0 Å². The lowest BCUT2D eigenvalue weighted by Gasteiger charge is -2.53. The predicted octanol–water partition coefficient (Wildman–Crippen LogP) is 2.16. The van der Waals surface area contributed by atoms with Crippen LogP contribution in [0.4, 0.5) is 0 Å². The minimum Gasteiger partial charge on any atom is -0.327 e. The molecule has 0 saturated heterocycles. The van der Waals surface area contributed by atoms with Crippen LogP contribution in [-0.4, -0.2) is 6.04 Å². The van der Waals surface area contributed by atoms with Gasteiger partial charge in [-0.3, -0.25) is 0 Å². The highest BCUT2D eigenvalue weighted by Gasteiger charge is 2.47. The summed E-state index contributed by atoms with van der Waals surface area (Å²) >= 11 is 0. The second kappa shape index (κ2) is 2.78. The van der Waals surface area contributed by atoms with Crippen LogP contribution in [0, 0.1) is 17.8 Å². The van der Waals surface area contributed by atoms with Crippen LogP contribution < -0.4 is 5.73 Å². The van der Waals surface area contributed by atoms with Crippen molar-refractivity contribution in [1.29, 1.82) is 0 Å². The predicted molar refractivity (Wildman–Crippen MR) is 47.2 cm³/mol. The molecule has 1 heteroatoms. The van der Waals surface area contributed by atoms with Gasteiger partial charge in [-0.25, -0.2) is 0 Å². The Morgan fingerprint density at radius 1 is 1.18 bits per heavy atom. The lowest BCUT2D eigenvalue weighted by Crippen LogP contribution is -2.57. The topological polar surface area (TPSA) is 26.0 Å². The van der Waals surface area contributed by atoms with E-state index < -0.39 is 0 Å². The van der Waals surface area contributed by atoms with Crippen LogP contribution in [0.1, 0.15) is 39.0 Å². The van der Waals surface area contributed by atoms with E-state index in [2.05, 4.69) is 6.92 Å². The molecule has 0 aliphatic heterocycles. The maximum absolute atomic E-state index is 6.09. The van der Waals surface area contributed by atoms with Crippen LogP contribution in [0.3, 0.4) is 0 Å². The largest absolute Gasteiger partial charge is 0.327 e. The van der Waals surface area contributed by atoms with E-state index in [4.69, 9.17) is 5.73 Å². The van der Waals surface area contributed by atoms with Gasteiger partial charge in [-0.1, -0.05) is 26.2 Å². The van der Waals surface area contributed by atoms with Crippen molar-refractivity contribution in [3.05, 3.63) is 0 Å². The van der Waals surface area contributed by atoms with Crippen LogP contribution in [0.2, 0.25) is 0 Å². The summed E-state index contributed by atoms with van der Waals surface area (Å²) in [4.78, 5) is 0. The van der Waals surface area contributed by atoms with Crippen LogP contribution in [0.15, 0.2) is 0 Å². The van der Waals surface area contributed by atoms with E-state index in [1.807, 2.05) is 0 Å². The van der Waals surface area contributed by atoms with Crippen molar-refractivity contribution in [2.45, 2.75) is 45.1 Å². The molecule has 0 bridgehead atoms. The monoisotopic (exact) mass is 153 g/mol. The molecule has 2 rings (SSSR count). The number of fused-ring (bicyclic) bond motifs is 1. The van der Waals surface area contributed by atoms with Gasteiger partial charge in [0.2, 0.25) is 0 Å². The van der Waals surface area contributed by atoms with Gasteiger partial charge in [0.05, 0.1) is 0 Å². The average Bonchev–Trinajstić information content (AvgIpc) is 2.05. The number of hydrogen-bond acceptors (Lipinski definition) is 1. The summed E-state index contributed by atoms with van der Waals surface area (Å²) in [7, 11) is 0. The van der Waals surface area contributed by atoms with Gasteiger partial charge < -0.3 is 5.73 Å². The van der Waals surface area contributed by atoms with Crippen molar-refractivity contribution in [2.24, 2.45) is 23.5 Å². The quantitative estimate of drug-likeness (QED) is 0.614. The van der Waals surface area contributed by atoms with Gasteiger partial charge in [0.15, 0.2) is 0 Å². The van der Waals surface area contributed by atoms with Gasteiger partial charge in [-0.05, 0) is 30.6 Å². The summed E-state index contributed by atoms with van der Waals surface area (Å²) in [5.74, 6) is 2.80. The molecule has 0 radical (unpaired) electrons. The minimum absolute atomic E-state index is 0.560. The lowest BCUT2D eigenvalue weighted by atomic mass is 9.55. The molecular formula is C10H19N. The summed E-state index contributed by atoms with van der Waals surface area (Å²) in [6.45, 7) is 2.29. The molecule has 0 aromatic rings. The number of rotatable bonds is 1. The Morgan fingerprint density at radius 2 is 1.82 bits per heavy atom. The molecular weight excluding hydrogens is 134 g/mol. The molecule has 0 aromatic heterocycles. The van der Waals surface area contributed by atoms with Crippen molar-refractivity contribution in [3.63, 3.8) is 0 Å². The Hall–Kier alpha value is -0.0400. The zero-order chi connectivity index (χ0) is 7.84. The fourth-order valence-electron chi connectivity index (χ4n) is 3.23. The van der Waals surface area contributed by atoms with Crippen molar-refractivity contribution < 1.29 is 0 Å². The molecule has 1 nitrogen and oxygen atoms in total. The standard InChI is InChI=1S/C10H19N/c1-2-7-8-5-3-4-6-9(8)10(7)11/h7-10H,2-6,11H2,1H3. The maximum Gasteiger partial charge on any atom is 0.0101 e. The highest BCUT2D eigenvalue weighted by Crippen LogP contribution is 2.49. The van der Waals surface area contributed by atoms with Gasteiger partial charge in [-0.15, -0.1) is 0 Å². The van der Waals surface area contributed by atoms with Crippen LogP contribution in [-0.2, 0) is 0 Å². The highest BCUT2D eigenvalue weighted by molar-refractivity contribution is 5.00. The van der Waals surface area contributed by atoms with Crippen molar-refractivity contribution >= 4 is 0 Å². The first-order valence-electron chi connectivity index (χ1n) is 5.10. The fourth-order valence-corrected chi connectivity index (χ4v) is 3.23. The third-order valence-corrected chi connectivity index (χ3v) is 3.88. The molecule has 2 saturated carbocycles. The molecule has 2 N–H and O–H groups in total. The first kappa shape index (κ1) is 7.60. The van der Waals surface area contributed by atoms with E-state index in [1.54, 1.807) is 0 Å². The smallest absolute Gasteiger partial charge is 0.0101 e. The summed E-state index contributed by atoms with van der Waals surface area (Å²) in [6.07, 6.45) is 7.09. The number of hydrogen-bond donors (Lipinski definition) is 1. The van der Waals surface area contributed by atoms with E-state index in [1.165, 1.54) is 32.1 Å². The fraction of sp³-hybridized carbons (Fsp3) is 1.00. The van der Waals surface area contributed by atoms with E-state index >= 15 is 0 Å². The molecule has 4 atom stereocenters. The second-order valence-electron chi connectivity index (χ2n) is 4.26. The molecule has 64 valence electrons. The Morgan fingerprint density at radius 3 is 2.45 bits per heavy atom. The first-order chi connectivity index (χ1) is 5.34. The van der Waals surface area contributed by atoms with Gasteiger partial charge >= 0.3 is 0 Å². The van der Waals surface area contributed by atoms with Crippen molar-refractivity contribution in [3.8, 4) is 0 Å². The number of nitrogens with two attached hydrogens (primary N) is 1. The molecule has 11 heavy (non-hydrogen) atoms. The molecule has 2 aliphatic carbocycles. The lowest BCUT2D eigenvalue weighted by molar-refractivity contribution is -0.00235. The highest BCUT2D eigenvalue weighted by atomic mass is 14.8. The first-order valence-corrected chi connectivity index (χ1v) is 5.10. The third-order valence-electron chi connectivity index (χ3n) is 3.88. The zero-order valence-electron chi connectivity index (χ0n) is 7.42. The third kappa shape index (κ3) is 1.01. The Labute approximate surface area is 69.4 Å². The Balaban J connectivity index is 1.97. The van der Waals surface area contributed by atoms with Crippen molar-refractivity contribution in [2.75, 3.05) is 0 Å². The Kier molecular flexibility index (Phi) is 1.92. The summed E-state index contributed by atoms with van der Waals surface area (Å²) in [6, 6.07) is 0.560. The van der Waals surface area contributed by atoms with E-state index in [0.29, 0.717) is 6.04 Å². The molecule has 4 unspecified atom stereocenters. The van der Waals surface area contributed by atoms with E-state index in [9.17, 15) is 0 Å². The van der Waals surface area contributed by atoms with E-state index in [-0.39, 0.29) is 0 Å².